The van der Waals surface area contributed by atoms with Gasteiger partial charge in [0.05, 0.1) is 26.0 Å². The van der Waals surface area contributed by atoms with E-state index in [-0.39, 0.29) is 6.10 Å². The van der Waals surface area contributed by atoms with Crippen LogP contribution in [0.25, 0.3) is 10.6 Å². The summed E-state index contributed by atoms with van der Waals surface area (Å²) in [6, 6.07) is 5.83. The van der Waals surface area contributed by atoms with Gasteiger partial charge in [0.1, 0.15) is 5.01 Å². The molecule has 0 amide bonds. The van der Waals surface area contributed by atoms with Crippen LogP contribution in [0.2, 0.25) is 0 Å². The van der Waals surface area contributed by atoms with Crippen LogP contribution in [-0.4, -0.2) is 48.9 Å². The highest BCUT2D eigenvalue weighted by atomic mass is 32.1. The van der Waals surface area contributed by atoms with Crippen molar-refractivity contribution in [3.63, 3.8) is 0 Å². The number of hydrogen-bond donors (Lipinski definition) is 1. The molecule has 1 saturated carbocycles. The van der Waals surface area contributed by atoms with Crippen molar-refractivity contribution in [2.24, 2.45) is 5.92 Å². The van der Waals surface area contributed by atoms with E-state index in [0.717, 1.165) is 35.7 Å². The van der Waals surface area contributed by atoms with Crippen molar-refractivity contribution >= 4 is 11.3 Å². The number of ether oxygens (including phenoxy) is 2. The summed E-state index contributed by atoms with van der Waals surface area (Å²) < 4.78 is 10.6. The lowest BCUT2D eigenvalue weighted by atomic mass is 10.2. The fraction of sp³-hybridized carbons (Fsp3) is 0.500. The summed E-state index contributed by atoms with van der Waals surface area (Å²) in [7, 11) is 5.29. The second kappa shape index (κ2) is 7.51. The van der Waals surface area contributed by atoms with Crippen molar-refractivity contribution in [2.45, 2.75) is 25.5 Å². The van der Waals surface area contributed by atoms with Gasteiger partial charge in [-0.15, -0.1) is 11.3 Å². The average molecular weight is 348 g/mol. The molecule has 0 saturated heterocycles. The SMILES string of the molecule is COc1ccc(-c2nc(CN(C)CC(O)C3CC3)cs2)cc1OC. The molecule has 1 N–H and O–H groups in total. The molecule has 0 spiro atoms. The van der Waals surface area contributed by atoms with Crippen LogP contribution in [0, 0.1) is 5.92 Å². The number of aliphatic hydroxyl groups is 1. The highest BCUT2D eigenvalue weighted by Gasteiger charge is 2.30. The van der Waals surface area contributed by atoms with E-state index in [9.17, 15) is 5.11 Å². The van der Waals surface area contributed by atoms with Crippen LogP contribution < -0.4 is 9.47 Å². The summed E-state index contributed by atoms with van der Waals surface area (Å²) in [6.07, 6.45) is 2.11. The topological polar surface area (TPSA) is 54.8 Å². The summed E-state index contributed by atoms with van der Waals surface area (Å²) in [6.45, 7) is 1.45. The Morgan fingerprint density at radius 3 is 2.71 bits per heavy atom. The van der Waals surface area contributed by atoms with E-state index >= 15 is 0 Å². The Kier molecular flexibility index (Phi) is 5.38. The maximum atomic E-state index is 10.0. The first-order valence-electron chi connectivity index (χ1n) is 8.14. The Balaban J connectivity index is 1.66. The molecule has 0 bridgehead atoms. The molecular weight excluding hydrogens is 324 g/mol. The second-order valence-electron chi connectivity index (χ2n) is 6.32. The van der Waals surface area contributed by atoms with Crippen molar-refractivity contribution in [1.82, 2.24) is 9.88 Å². The van der Waals surface area contributed by atoms with Crippen molar-refractivity contribution < 1.29 is 14.6 Å². The van der Waals surface area contributed by atoms with Gasteiger partial charge in [-0.05, 0) is 44.0 Å². The van der Waals surface area contributed by atoms with E-state index in [1.807, 2.05) is 25.2 Å². The number of nitrogens with zero attached hydrogens (tertiary/aromatic N) is 2. The molecule has 1 fully saturated rings. The number of methoxy groups -OCH3 is 2. The lowest BCUT2D eigenvalue weighted by Gasteiger charge is -2.19. The number of likely N-dealkylation sites (N-methyl/N-ethyl adjacent to an activating group) is 1. The smallest absolute Gasteiger partial charge is 0.161 e. The maximum Gasteiger partial charge on any atom is 0.161 e. The summed E-state index contributed by atoms with van der Waals surface area (Å²) >= 11 is 1.62. The number of aliphatic hydroxyl groups excluding tert-OH is 1. The zero-order valence-electron chi connectivity index (χ0n) is 14.4. The fourth-order valence-electron chi connectivity index (χ4n) is 2.77. The minimum absolute atomic E-state index is 0.209. The van der Waals surface area contributed by atoms with Gasteiger partial charge in [0.25, 0.3) is 0 Å². The van der Waals surface area contributed by atoms with Crippen LogP contribution in [0.1, 0.15) is 18.5 Å². The number of hydrogen-bond acceptors (Lipinski definition) is 6. The minimum atomic E-state index is -0.209. The normalized spacial score (nSPS) is 15.5. The predicted molar refractivity (Wildman–Crippen MR) is 95.7 cm³/mol. The Morgan fingerprint density at radius 1 is 1.29 bits per heavy atom. The third kappa shape index (κ3) is 4.06. The van der Waals surface area contributed by atoms with E-state index in [0.29, 0.717) is 24.0 Å². The highest BCUT2D eigenvalue weighted by molar-refractivity contribution is 7.13. The largest absolute Gasteiger partial charge is 0.493 e. The quantitative estimate of drug-likeness (QED) is 0.795. The molecule has 0 radical (unpaired) electrons. The number of benzene rings is 1. The average Bonchev–Trinajstić information content (AvgIpc) is 3.34. The van der Waals surface area contributed by atoms with Crippen LogP contribution in [0.3, 0.4) is 0 Å². The predicted octanol–water partition coefficient (Wildman–Crippen LogP) is 3.03. The Hall–Kier alpha value is -1.63. The molecule has 1 atom stereocenters. The van der Waals surface area contributed by atoms with Gasteiger partial charge in [-0.1, -0.05) is 0 Å². The molecule has 24 heavy (non-hydrogen) atoms. The van der Waals surface area contributed by atoms with Crippen molar-refractivity contribution in [1.29, 1.82) is 0 Å². The van der Waals surface area contributed by atoms with Crippen LogP contribution in [0.4, 0.5) is 0 Å². The van der Waals surface area contributed by atoms with Gasteiger partial charge in [-0.25, -0.2) is 4.98 Å². The Morgan fingerprint density at radius 2 is 2.04 bits per heavy atom. The van der Waals surface area contributed by atoms with Crippen molar-refractivity contribution in [3.05, 3.63) is 29.3 Å². The molecule has 1 aromatic heterocycles. The lowest BCUT2D eigenvalue weighted by Crippen LogP contribution is -2.30. The van der Waals surface area contributed by atoms with Crippen molar-refractivity contribution in [3.8, 4) is 22.1 Å². The van der Waals surface area contributed by atoms with Gasteiger partial charge in [-0.2, -0.15) is 0 Å². The first kappa shape index (κ1) is 17.2. The van der Waals surface area contributed by atoms with Crippen LogP contribution in [0.15, 0.2) is 23.6 Å². The van der Waals surface area contributed by atoms with Crippen LogP contribution in [0.5, 0.6) is 11.5 Å². The summed E-state index contributed by atoms with van der Waals surface area (Å²) in [5.74, 6) is 1.92. The van der Waals surface area contributed by atoms with Gasteiger partial charge in [0.2, 0.25) is 0 Å². The van der Waals surface area contributed by atoms with E-state index in [4.69, 9.17) is 14.5 Å². The molecule has 1 heterocycles. The molecule has 6 heteroatoms. The third-order valence-electron chi connectivity index (χ3n) is 4.28. The number of thiazole rings is 1. The molecule has 3 rings (SSSR count). The Bertz CT molecular complexity index is 685. The molecule has 130 valence electrons. The van der Waals surface area contributed by atoms with E-state index in [2.05, 4.69) is 10.3 Å². The molecule has 1 aromatic carbocycles. The van der Waals surface area contributed by atoms with E-state index < -0.39 is 0 Å². The second-order valence-corrected chi connectivity index (χ2v) is 7.17. The molecule has 5 nitrogen and oxygen atoms in total. The third-order valence-corrected chi connectivity index (χ3v) is 5.22. The lowest BCUT2D eigenvalue weighted by molar-refractivity contribution is 0.104. The molecule has 2 aromatic rings. The number of aromatic nitrogens is 1. The molecule has 1 aliphatic rings. The Labute approximate surface area is 146 Å². The fourth-order valence-corrected chi connectivity index (χ4v) is 3.58. The van der Waals surface area contributed by atoms with Gasteiger partial charge in [0, 0.05) is 24.0 Å². The summed E-state index contributed by atoms with van der Waals surface area (Å²) in [5.41, 5.74) is 2.04. The van der Waals surface area contributed by atoms with Crippen LogP contribution in [-0.2, 0) is 6.54 Å². The molecular formula is C18H24N2O3S. The van der Waals surface area contributed by atoms with E-state index in [1.165, 1.54) is 0 Å². The molecule has 0 aliphatic heterocycles. The molecule has 1 aliphatic carbocycles. The van der Waals surface area contributed by atoms with Gasteiger partial charge in [0.15, 0.2) is 11.5 Å². The highest BCUT2D eigenvalue weighted by Crippen LogP contribution is 2.34. The zero-order valence-corrected chi connectivity index (χ0v) is 15.2. The van der Waals surface area contributed by atoms with Gasteiger partial charge >= 0.3 is 0 Å². The first-order chi connectivity index (χ1) is 11.6. The zero-order chi connectivity index (χ0) is 17.1. The summed E-state index contributed by atoms with van der Waals surface area (Å²) in [5, 5.41) is 13.1. The maximum absolute atomic E-state index is 10.0. The standard InChI is InChI=1S/C18H24N2O3S/c1-20(10-15(21)12-4-5-12)9-14-11-24-18(19-14)13-6-7-16(22-2)17(8-13)23-3/h6-8,11-12,15,21H,4-5,9-10H2,1-3H3. The number of rotatable bonds is 8. The van der Waals surface area contributed by atoms with E-state index in [1.54, 1.807) is 25.6 Å². The van der Waals surface area contributed by atoms with Gasteiger partial charge in [-0.3, -0.25) is 4.90 Å². The summed E-state index contributed by atoms with van der Waals surface area (Å²) in [4.78, 5) is 6.85. The molecule has 1 unspecified atom stereocenters. The monoisotopic (exact) mass is 348 g/mol. The van der Waals surface area contributed by atoms with Crippen molar-refractivity contribution in [2.75, 3.05) is 27.8 Å². The van der Waals surface area contributed by atoms with Gasteiger partial charge < -0.3 is 14.6 Å². The van der Waals surface area contributed by atoms with Crippen LogP contribution >= 0.6 is 11.3 Å². The first-order valence-corrected chi connectivity index (χ1v) is 9.02. The minimum Gasteiger partial charge on any atom is -0.493 e.